The lowest BCUT2D eigenvalue weighted by Gasteiger charge is -2.63. The molecule has 0 bridgehead atoms. The Morgan fingerprint density at radius 2 is 1.69 bits per heavy atom. The Balaban J connectivity index is 0.000000668. The monoisotopic (exact) mass is 448 g/mol. The van der Waals surface area contributed by atoms with Crippen LogP contribution < -0.4 is 0 Å². The lowest BCUT2D eigenvalue weighted by molar-refractivity contribution is -0.204. The first-order valence-electron chi connectivity index (χ1n) is 11.7. The minimum absolute atomic E-state index is 0.0801. The Kier molecular flexibility index (Phi) is 6.72. The average Bonchev–Trinajstić information content (AvgIpc) is 3.07. The Bertz CT molecular complexity index is 841. The molecule has 0 heterocycles. The van der Waals surface area contributed by atoms with Crippen LogP contribution in [0.15, 0.2) is 11.6 Å². The Hall–Kier alpha value is -2.02. The van der Waals surface area contributed by atoms with Gasteiger partial charge in [0.05, 0.1) is 12.2 Å². The number of hydrogen-bond acceptors (Lipinski definition) is 6. The zero-order valence-electron chi connectivity index (χ0n) is 19.6. The van der Waals surface area contributed by atoms with E-state index in [0.29, 0.717) is 25.7 Å². The molecule has 178 valence electrons. The summed E-state index contributed by atoms with van der Waals surface area (Å²) in [4.78, 5) is 45.0. The normalized spacial score (nSPS) is 40.0. The second kappa shape index (κ2) is 8.73. The van der Waals surface area contributed by atoms with Gasteiger partial charge in [-0.3, -0.25) is 19.2 Å². The predicted octanol–water partition coefficient (Wildman–Crippen LogP) is 3.47. The van der Waals surface area contributed by atoms with Crippen LogP contribution in [0.1, 0.15) is 79.1 Å². The summed E-state index contributed by atoms with van der Waals surface area (Å²) in [6.07, 6.45) is 7.64. The van der Waals surface area contributed by atoms with Crippen molar-refractivity contribution >= 4 is 23.5 Å². The summed E-state index contributed by atoms with van der Waals surface area (Å²) in [7, 11) is 0. The van der Waals surface area contributed by atoms with Crippen LogP contribution in [0.25, 0.3) is 0 Å². The molecule has 32 heavy (non-hydrogen) atoms. The third-order valence-electron chi connectivity index (χ3n) is 8.90. The van der Waals surface area contributed by atoms with Crippen molar-refractivity contribution in [1.29, 1.82) is 0 Å². The molecule has 0 aromatic rings. The molecule has 6 unspecified atom stereocenters. The zero-order chi connectivity index (χ0) is 23.9. The fraction of sp³-hybridized carbons (Fsp3) is 0.760. The molecule has 0 saturated heterocycles. The summed E-state index contributed by atoms with van der Waals surface area (Å²) in [5.41, 5.74) is -0.466. The van der Waals surface area contributed by atoms with Gasteiger partial charge in [0.1, 0.15) is 5.78 Å². The Morgan fingerprint density at radius 1 is 1.03 bits per heavy atom. The van der Waals surface area contributed by atoms with Crippen molar-refractivity contribution in [3.8, 4) is 0 Å². The lowest BCUT2D eigenvalue weighted by Crippen LogP contribution is -2.64. The van der Waals surface area contributed by atoms with E-state index in [2.05, 4.69) is 6.92 Å². The van der Waals surface area contributed by atoms with Gasteiger partial charge in [-0.1, -0.05) is 12.5 Å². The van der Waals surface area contributed by atoms with Crippen LogP contribution in [-0.4, -0.2) is 45.9 Å². The number of esters is 1. The highest BCUT2D eigenvalue weighted by Crippen LogP contribution is 2.68. The summed E-state index contributed by atoms with van der Waals surface area (Å²) in [5.74, 6) is -0.640. The van der Waals surface area contributed by atoms with Gasteiger partial charge in [0, 0.05) is 37.0 Å². The van der Waals surface area contributed by atoms with Crippen molar-refractivity contribution in [1.82, 2.24) is 0 Å². The summed E-state index contributed by atoms with van der Waals surface area (Å²) in [5, 5.41) is 19.5. The van der Waals surface area contributed by atoms with E-state index in [0.717, 1.165) is 38.2 Å². The molecule has 6 atom stereocenters. The number of hydrogen-bond donors (Lipinski definition) is 2. The maximum absolute atomic E-state index is 12.5. The van der Waals surface area contributed by atoms with E-state index in [1.807, 2.05) is 0 Å². The largest absolute Gasteiger partial charge is 0.481 e. The van der Waals surface area contributed by atoms with Crippen LogP contribution in [0.5, 0.6) is 0 Å². The van der Waals surface area contributed by atoms with Crippen LogP contribution in [0.2, 0.25) is 0 Å². The smallest absolute Gasteiger partial charge is 0.302 e. The molecule has 0 aromatic carbocycles. The quantitative estimate of drug-likeness (QED) is 0.635. The highest BCUT2D eigenvalue weighted by molar-refractivity contribution is 5.91. The molecule has 4 rings (SSSR count). The van der Waals surface area contributed by atoms with E-state index in [4.69, 9.17) is 14.6 Å². The number of aliphatic carboxylic acids is 1. The number of carboxylic acid groups (broad SMARTS) is 1. The Labute approximate surface area is 189 Å². The van der Waals surface area contributed by atoms with Gasteiger partial charge in [-0.2, -0.15) is 0 Å². The third-order valence-corrected chi connectivity index (χ3v) is 8.90. The number of carbonyl (C=O) groups is 4. The van der Waals surface area contributed by atoms with Crippen LogP contribution in [0.3, 0.4) is 0 Å². The summed E-state index contributed by atoms with van der Waals surface area (Å²) in [6, 6.07) is 0. The molecule has 0 aliphatic heterocycles. The molecule has 4 aliphatic carbocycles. The van der Waals surface area contributed by atoms with Gasteiger partial charge in [-0.05, 0) is 69.8 Å². The van der Waals surface area contributed by atoms with Gasteiger partial charge in [-0.25, -0.2) is 0 Å². The first kappa shape index (κ1) is 24.6. The fourth-order valence-electron chi connectivity index (χ4n) is 7.44. The van der Waals surface area contributed by atoms with E-state index >= 15 is 0 Å². The summed E-state index contributed by atoms with van der Waals surface area (Å²) in [6.45, 7) is 6.56. The van der Waals surface area contributed by atoms with Crippen LogP contribution in [-0.2, 0) is 23.9 Å². The molecule has 0 radical (unpaired) electrons. The molecule has 3 saturated carbocycles. The van der Waals surface area contributed by atoms with Crippen molar-refractivity contribution < 1.29 is 34.1 Å². The van der Waals surface area contributed by atoms with E-state index in [1.54, 1.807) is 13.0 Å². The standard InChI is InChI=1S/C23H32O5.C2H4O2/c1-14(24)18-6-7-19-20-5-4-16-12-17(26)8-9-21(16,3)23(20,27)11-10-22(18,19)13-28-15(2)25;1-2(3)4/h12,18-20,27H,4-11,13H2,1-3H3;1H3,(H,3,4). The first-order valence-corrected chi connectivity index (χ1v) is 11.7. The van der Waals surface area contributed by atoms with Crippen molar-refractivity contribution in [2.45, 2.75) is 84.7 Å². The van der Waals surface area contributed by atoms with Crippen LogP contribution in [0, 0.1) is 28.6 Å². The molecule has 2 N–H and O–H groups in total. The zero-order valence-corrected chi connectivity index (χ0v) is 19.6. The van der Waals surface area contributed by atoms with E-state index in [9.17, 15) is 19.5 Å². The van der Waals surface area contributed by atoms with Gasteiger partial charge in [0.15, 0.2) is 5.78 Å². The number of fused-ring (bicyclic) bond motifs is 5. The molecule has 7 heteroatoms. The number of carboxylic acids is 1. The van der Waals surface area contributed by atoms with E-state index in [-0.39, 0.29) is 52.7 Å². The Morgan fingerprint density at radius 3 is 2.28 bits per heavy atom. The van der Waals surface area contributed by atoms with Crippen molar-refractivity contribution in [3.63, 3.8) is 0 Å². The molecule has 3 fully saturated rings. The van der Waals surface area contributed by atoms with Crippen molar-refractivity contribution in [3.05, 3.63) is 11.6 Å². The lowest BCUT2D eigenvalue weighted by atomic mass is 9.44. The van der Waals surface area contributed by atoms with Gasteiger partial charge in [-0.15, -0.1) is 0 Å². The number of rotatable bonds is 3. The summed E-state index contributed by atoms with van der Waals surface area (Å²) >= 11 is 0. The topological polar surface area (TPSA) is 118 Å². The minimum atomic E-state index is -0.853. The average molecular weight is 449 g/mol. The van der Waals surface area contributed by atoms with E-state index in [1.165, 1.54) is 6.92 Å². The number of ketones is 2. The molecular formula is C25H36O7. The maximum Gasteiger partial charge on any atom is 0.302 e. The van der Waals surface area contributed by atoms with Crippen LogP contribution >= 0.6 is 0 Å². The molecule has 7 nitrogen and oxygen atoms in total. The number of carbonyl (C=O) groups excluding carboxylic acids is 3. The van der Waals surface area contributed by atoms with Gasteiger partial charge in [0.2, 0.25) is 0 Å². The molecular weight excluding hydrogens is 412 g/mol. The van der Waals surface area contributed by atoms with Crippen molar-refractivity contribution in [2.75, 3.05) is 6.61 Å². The van der Waals surface area contributed by atoms with Gasteiger partial charge in [0.25, 0.3) is 5.97 Å². The predicted molar refractivity (Wildman–Crippen MR) is 117 cm³/mol. The molecule has 4 aliphatic rings. The number of Topliss-reactive ketones (excluding diaryl/α,β-unsaturated/α-hetero) is 1. The second-order valence-electron chi connectivity index (χ2n) is 10.4. The second-order valence-corrected chi connectivity index (χ2v) is 10.4. The highest BCUT2D eigenvalue weighted by Gasteiger charge is 2.67. The third kappa shape index (κ3) is 3.93. The molecule has 0 spiro atoms. The van der Waals surface area contributed by atoms with E-state index < -0.39 is 11.6 Å². The number of ether oxygens (including phenoxy) is 1. The first-order chi connectivity index (χ1) is 14.9. The van der Waals surface area contributed by atoms with Gasteiger partial charge >= 0.3 is 5.97 Å². The SMILES string of the molecule is CC(=O)O.CC(=O)OCC12CCC3(O)C(CCC4=CC(=O)CCC43C)C1CCC2C(C)=O. The van der Waals surface area contributed by atoms with Crippen molar-refractivity contribution in [2.24, 2.45) is 28.6 Å². The maximum atomic E-state index is 12.5. The molecule has 0 amide bonds. The highest BCUT2D eigenvalue weighted by atomic mass is 16.5. The fourth-order valence-corrected chi connectivity index (χ4v) is 7.44. The van der Waals surface area contributed by atoms with Crippen LogP contribution in [0.4, 0.5) is 0 Å². The number of aliphatic hydroxyl groups is 1. The minimum Gasteiger partial charge on any atom is -0.481 e. The van der Waals surface area contributed by atoms with Gasteiger partial charge < -0.3 is 14.9 Å². The molecule has 0 aromatic heterocycles. The summed E-state index contributed by atoms with van der Waals surface area (Å²) < 4.78 is 5.50.